The molecule has 8 bridgehead atoms. The number of hydrogen-bond donors (Lipinski definition) is 4. The zero-order valence-electron chi connectivity index (χ0n) is 27.2. The number of carbonyl (C=O) groups excluding carboxylic acids is 1. The first kappa shape index (κ1) is 28.9. The fraction of sp³-hybridized carbons (Fsp3) is 0.378. The first-order valence-corrected chi connectivity index (χ1v) is 15.2. The fourth-order valence-corrected chi connectivity index (χ4v) is 6.47. The molecule has 4 aromatic heterocycles. The molecule has 0 unspecified atom stereocenters. The van der Waals surface area contributed by atoms with Crippen LogP contribution in [0.5, 0.6) is 0 Å². The second-order valence-corrected chi connectivity index (χ2v) is 14.6. The van der Waals surface area contributed by atoms with Crippen molar-refractivity contribution in [1.82, 2.24) is 19.9 Å². The highest BCUT2D eigenvalue weighted by Crippen LogP contribution is 2.42. The quantitative estimate of drug-likeness (QED) is 0.165. The molecule has 1 aromatic carbocycles. The van der Waals surface area contributed by atoms with Crippen molar-refractivity contribution in [1.29, 1.82) is 0 Å². The van der Waals surface area contributed by atoms with E-state index in [1.54, 1.807) is 0 Å². The van der Waals surface area contributed by atoms with Gasteiger partial charge in [0.05, 0.1) is 0 Å². The van der Waals surface area contributed by atoms with Crippen molar-refractivity contribution >= 4 is 11.5 Å². The van der Waals surface area contributed by atoms with Crippen molar-refractivity contribution in [3.63, 3.8) is 0 Å². The van der Waals surface area contributed by atoms with Gasteiger partial charge in [-0.25, -0.2) is 0 Å². The monoisotopic (exact) mass is 575 g/mol. The zero-order chi connectivity index (χ0) is 31.1. The lowest BCUT2D eigenvalue weighted by Crippen LogP contribution is -2.26. The molecule has 1 aliphatic rings. The highest BCUT2D eigenvalue weighted by Gasteiger charge is 2.38. The van der Waals surface area contributed by atoms with Crippen LogP contribution in [0.2, 0.25) is 0 Å². The third kappa shape index (κ3) is 4.41. The van der Waals surface area contributed by atoms with Gasteiger partial charge >= 0.3 is 0 Å². The second kappa shape index (κ2) is 9.40. The Morgan fingerprint density at radius 3 is 1.28 bits per heavy atom. The number of H-pyrrole nitrogens is 4. The Labute approximate surface area is 255 Å². The molecular formula is C37H45N5O. The molecule has 0 saturated carbocycles. The van der Waals surface area contributed by atoms with Crippen LogP contribution in [0.4, 0.5) is 5.69 Å². The minimum absolute atomic E-state index is 0.0172. The van der Waals surface area contributed by atoms with Crippen LogP contribution in [0.25, 0.3) is 0 Å². The second-order valence-electron chi connectivity index (χ2n) is 14.6. The van der Waals surface area contributed by atoms with Gasteiger partial charge in [0.1, 0.15) is 0 Å². The van der Waals surface area contributed by atoms with Crippen LogP contribution in [-0.4, -0.2) is 39.8 Å². The summed E-state index contributed by atoms with van der Waals surface area (Å²) in [6, 6.07) is 23.1. The number of ketones is 1. The molecule has 6 heteroatoms. The Morgan fingerprint density at radius 1 is 0.512 bits per heavy atom. The van der Waals surface area contributed by atoms with E-state index < -0.39 is 10.8 Å². The molecule has 0 saturated heterocycles. The molecule has 0 atom stereocenters. The molecule has 0 aliphatic carbocycles. The van der Waals surface area contributed by atoms with Gasteiger partial charge < -0.3 is 24.8 Å². The summed E-state index contributed by atoms with van der Waals surface area (Å²) in [5, 5.41) is 0. The molecule has 5 heterocycles. The summed E-state index contributed by atoms with van der Waals surface area (Å²) in [4.78, 5) is 31.4. The lowest BCUT2D eigenvalue weighted by molar-refractivity contribution is 0.103. The minimum atomic E-state index is -0.502. The zero-order valence-corrected chi connectivity index (χ0v) is 27.2. The van der Waals surface area contributed by atoms with Crippen LogP contribution in [0.1, 0.15) is 117 Å². The van der Waals surface area contributed by atoms with E-state index in [1.807, 2.05) is 43.3 Å². The highest BCUT2D eigenvalue weighted by molar-refractivity contribution is 6.10. The molecule has 0 spiro atoms. The number of carbonyl (C=O) groups is 1. The Kier molecular flexibility index (Phi) is 6.32. The van der Waals surface area contributed by atoms with Crippen molar-refractivity contribution in [2.24, 2.45) is 0 Å². The van der Waals surface area contributed by atoms with Gasteiger partial charge in [-0.15, -0.1) is 0 Å². The summed E-state index contributed by atoms with van der Waals surface area (Å²) in [6.45, 7) is 17.8. The molecule has 4 N–H and O–H groups in total. The van der Waals surface area contributed by atoms with Gasteiger partial charge in [-0.05, 0) is 122 Å². The summed E-state index contributed by atoms with van der Waals surface area (Å²) in [5.74, 6) is 0.0172. The number of benzene rings is 1. The normalized spacial score (nSPS) is 17.9. The summed E-state index contributed by atoms with van der Waals surface area (Å²) in [7, 11) is 4.01. The topological polar surface area (TPSA) is 83.5 Å². The summed E-state index contributed by atoms with van der Waals surface area (Å²) in [5.41, 5.74) is 9.62. The van der Waals surface area contributed by atoms with Crippen molar-refractivity contribution in [2.75, 3.05) is 19.0 Å². The Morgan fingerprint density at radius 2 is 0.884 bits per heavy atom. The fourth-order valence-electron chi connectivity index (χ4n) is 6.47. The number of rotatable bonds is 3. The number of aromatic nitrogens is 4. The van der Waals surface area contributed by atoms with Gasteiger partial charge in [-0.2, -0.15) is 0 Å². The van der Waals surface area contributed by atoms with E-state index >= 15 is 0 Å². The predicted molar refractivity (Wildman–Crippen MR) is 176 cm³/mol. The first-order valence-electron chi connectivity index (χ1n) is 15.2. The van der Waals surface area contributed by atoms with Crippen molar-refractivity contribution in [3.05, 3.63) is 123 Å². The van der Waals surface area contributed by atoms with E-state index in [0.29, 0.717) is 11.1 Å². The molecule has 6 rings (SSSR count). The van der Waals surface area contributed by atoms with Gasteiger partial charge in [0.25, 0.3) is 0 Å². The number of anilines is 1. The number of fused-ring (bicyclic) bond motifs is 8. The maximum Gasteiger partial charge on any atom is 0.194 e. The van der Waals surface area contributed by atoms with Crippen molar-refractivity contribution in [3.8, 4) is 0 Å². The molecule has 0 radical (unpaired) electrons. The number of nitrogens with zero attached hydrogens (tertiary/aromatic N) is 1. The molecule has 43 heavy (non-hydrogen) atoms. The van der Waals surface area contributed by atoms with Gasteiger partial charge in [-0.3, -0.25) is 4.79 Å². The molecule has 1 aliphatic heterocycles. The van der Waals surface area contributed by atoms with Crippen LogP contribution in [0, 0.1) is 0 Å². The third-order valence-corrected chi connectivity index (χ3v) is 10.1. The van der Waals surface area contributed by atoms with Gasteiger partial charge in [0, 0.05) is 98.1 Å². The number of hydrogen-bond acceptors (Lipinski definition) is 2. The summed E-state index contributed by atoms with van der Waals surface area (Å²) < 4.78 is 0. The first-order chi connectivity index (χ1) is 20.0. The summed E-state index contributed by atoms with van der Waals surface area (Å²) in [6.07, 6.45) is 0. The standard InChI is InChI=1S/C37H45N5O/c1-34(2)25-15-16-26(38-25)35(3,4)28-19-20-30(40-28)37(7,8)33-24(32(43)22-11-13-23(14-12-22)42(9)10)21-31(41-33)36(5,6)29-18-17-27(34)39-29/h11-21,38-41H,1-10H3. The van der Waals surface area contributed by atoms with Crippen LogP contribution in [0.3, 0.4) is 0 Å². The lowest BCUT2D eigenvalue weighted by atomic mass is 9.82. The maximum absolute atomic E-state index is 14.3. The number of nitrogens with one attached hydrogen (secondary N) is 4. The molecule has 0 amide bonds. The van der Waals surface area contributed by atoms with Crippen LogP contribution < -0.4 is 4.90 Å². The Hall–Kier alpha value is -4.19. The highest BCUT2D eigenvalue weighted by atomic mass is 16.1. The van der Waals surface area contributed by atoms with Crippen LogP contribution >= 0.6 is 0 Å². The number of aromatic amines is 4. The van der Waals surface area contributed by atoms with E-state index in [-0.39, 0.29) is 16.6 Å². The van der Waals surface area contributed by atoms with E-state index in [9.17, 15) is 4.79 Å². The largest absolute Gasteiger partial charge is 0.378 e. The SMILES string of the molecule is CN(C)c1ccc(C(=O)c2cc3[nH]c2C(C)(C)c2ccc([nH]2)C(C)(C)c2ccc([nH]2)C(C)(C)c2ccc([nH]2)C3(C)C)cc1. The maximum atomic E-state index is 14.3. The molecule has 224 valence electrons. The molecule has 5 aromatic rings. The van der Waals surface area contributed by atoms with Crippen molar-refractivity contribution in [2.45, 2.75) is 77.0 Å². The van der Waals surface area contributed by atoms with Crippen LogP contribution in [-0.2, 0) is 21.7 Å². The van der Waals surface area contributed by atoms with Gasteiger partial charge in [0.2, 0.25) is 0 Å². The molecule has 0 fully saturated rings. The molecular weight excluding hydrogens is 530 g/mol. The lowest BCUT2D eigenvalue weighted by Gasteiger charge is -2.28. The minimum Gasteiger partial charge on any atom is -0.378 e. The van der Waals surface area contributed by atoms with Gasteiger partial charge in [0.15, 0.2) is 5.78 Å². The Bertz CT molecular complexity index is 1810. The van der Waals surface area contributed by atoms with E-state index in [1.165, 1.54) is 0 Å². The average Bonchev–Trinajstić information content (AvgIpc) is 3.77. The Balaban J connectivity index is 1.58. The van der Waals surface area contributed by atoms with E-state index in [4.69, 9.17) is 0 Å². The van der Waals surface area contributed by atoms with E-state index in [0.717, 1.165) is 51.2 Å². The third-order valence-electron chi connectivity index (χ3n) is 10.1. The van der Waals surface area contributed by atoms with Gasteiger partial charge in [-0.1, -0.05) is 0 Å². The smallest absolute Gasteiger partial charge is 0.194 e. The van der Waals surface area contributed by atoms with Crippen molar-refractivity contribution < 1.29 is 4.79 Å². The molecule has 6 nitrogen and oxygen atoms in total. The van der Waals surface area contributed by atoms with E-state index in [2.05, 4.69) is 118 Å². The predicted octanol–water partition coefficient (Wildman–Crippen LogP) is 7.91. The van der Waals surface area contributed by atoms with Crippen LogP contribution in [0.15, 0.2) is 66.7 Å². The summed E-state index contributed by atoms with van der Waals surface area (Å²) >= 11 is 0. The average molecular weight is 576 g/mol.